The number of nitrogens with zero attached hydrogens (tertiary/aromatic N) is 4. The molecule has 1 aromatic heterocycles. The highest BCUT2D eigenvalue weighted by atomic mass is 32.1. The maximum Gasteiger partial charge on any atom is 0.347 e. The Bertz CT molecular complexity index is 1310. The highest BCUT2D eigenvalue weighted by Crippen LogP contribution is 2.20. The van der Waals surface area contributed by atoms with Gasteiger partial charge in [0.25, 0.3) is 0 Å². The molecule has 0 fully saturated rings. The van der Waals surface area contributed by atoms with E-state index < -0.39 is 6.03 Å². The van der Waals surface area contributed by atoms with E-state index in [1.807, 2.05) is 75.4 Å². The van der Waals surface area contributed by atoms with Crippen molar-refractivity contribution in [2.24, 2.45) is 4.99 Å². The Hall–Kier alpha value is -3.91. The van der Waals surface area contributed by atoms with Crippen LogP contribution in [0.2, 0.25) is 0 Å². The molecule has 7 nitrogen and oxygen atoms in total. The molecule has 8 heteroatoms. The van der Waals surface area contributed by atoms with Crippen molar-refractivity contribution in [3.63, 3.8) is 0 Å². The van der Waals surface area contributed by atoms with Crippen molar-refractivity contribution < 1.29 is 4.79 Å². The first-order valence-electron chi connectivity index (χ1n) is 10.4. The number of hydrogen-bond acceptors (Lipinski definition) is 3. The van der Waals surface area contributed by atoms with Gasteiger partial charge in [0.15, 0.2) is 11.0 Å². The third-order valence-corrected chi connectivity index (χ3v) is 5.23. The van der Waals surface area contributed by atoms with E-state index in [4.69, 9.17) is 0 Å². The van der Waals surface area contributed by atoms with E-state index in [0.29, 0.717) is 11.5 Å². The van der Waals surface area contributed by atoms with Gasteiger partial charge in [-0.15, -0.1) is 17.7 Å². The largest absolute Gasteiger partial charge is 0.347 e. The average molecular weight is 457 g/mol. The Balaban J connectivity index is 1.39. The second-order valence-corrected chi connectivity index (χ2v) is 8.16. The van der Waals surface area contributed by atoms with E-state index in [-0.39, 0.29) is 5.17 Å². The van der Waals surface area contributed by atoms with E-state index >= 15 is 0 Å². The number of amidine groups is 1. The molecule has 0 saturated heterocycles. The number of nitrogens with one attached hydrogen (secondary N) is 2. The van der Waals surface area contributed by atoms with Crippen LogP contribution < -0.4 is 10.6 Å². The molecule has 4 rings (SSSR count). The predicted molar refractivity (Wildman–Crippen MR) is 137 cm³/mol. The van der Waals surface area contributed by atoms with Crippen molar-refractivity contribution in [1.29, 1.82) is 0 Å². The number of rotatable bonds is 4. The number of aryl methyl sites for hydroxylation is 3. The third kappa shape index (κ3) is 5.67. The Labute approximate surface area is 198 Å². The number of thiol groups is 1. The number of aromatic nitrogens is 3. The monoisotopic (exact) mass is 456 g/mol. The second kappa shape index (κ2) is 9.70. The van der Waals surface area contributed by atoms with E-state index in [1.54, 1.807) is 23.1 Å². The van der Waals surface area contributed by atoms with E-state index in [1.165, 1.54) is 5.56 Å². The summed E-state index contributed by atoms with van der Waals surface area (Å²) in [6.45, 7) is 6.05. The highest BCUT2D eigenvalue weighted by molar-refractivity contribution is 7.97. The summed E-state index contributed by atoms with van der Waals surface area (Å²) in [6.07, 6.45) is 1.68. The number of aliphatic imine (C=N–C) groups is 1. The van der Waals surface area contributed by atoms with Gasteiger partial charge in [0.1, 0.15) is 6.33 Å². The summed E-state index contributed by atoms with van der Waals surface area (Å²) in [5, 5.41) is 10.5. The number of carbonyl (C=O) groups excluding carboxylic acids is 1. The Morgan fingerprint density at radius 1 is 0.909 bits per heavy atom. The van der Waals surface area contributed by atoms with Crippen molar-refractivity contribution >= 4 is 35.2 Å². The summed E-state index contributed by atoms with van der Waals surface area (Å²) >= 11 is 4.28. The number of amides is 2. The molecule has 0 aliphatic rings. The molecule has 2 amide bonds. The highest BCUT2D eigenvalue weighted by Gasteiger charge is 2.08. The first-order valence-corrected chi connectivity index (χ1v) is 10.8. The summed E-state index contributed by atoms with van der Waals surface area (Å²) in [4.78, 5) is 20.6. The lowest BCUT2D eigenvalue weighted by molar-refractivity contribution is 0.259. The summed E-state index contributed by atoms with van der Waals surface area (Å²) in [5.74, 6) is 0.599. The van der Waals surface area contributed by atoms with Gasteiger partial charge in [-0.2, -0.15) is 4.99 Å². The van der Waals surface area contributed by atoms with Gasteiger partial charge in [0.05, 0.1) is 5.69 Å². The zero-order valence-corrected chi connectivity index (χ0v) is 19.5. The molecular formula is C25H24N6OS. The zero-order valence-electron chi connectivity index (χ0n) is 18.6. The molecular weight excluding hydrogens is 432 g/mol. The number of anilines is 2. The van der Waals surface area contributed by atoms with Crippen molar-refractivity contribution in [2.45, 2.75) is 20.8 Å². The van der Waals surface area contributed by atoms with Crippen LogP contribution in [0.5, 0.6) is 0 Å². The second-order valence-electron chi connectivity index (χ2n) is 7.73. The minimum atomic E-state index is -0.521. The van der Waals surface area contributed by atoms with Gasteiger partial charge in [-0.05, 0) is 68.8 Å². The average Bonchev–Trinajstić information content (AvgIpc) is 3.27. The summed E-state index contributed by atoms with van der Waals surface area (Å²) < 4.78 is 1.73. The van der Waals surface area contributed by atoms with Crippen LogP contribution in [0.1, 0.15) is 16.7 Å². The quantitative estimate of drug-likeness (QED) is 0.206. The topological polar surface area (TPSA) is 84.2 Å². The molecule has 0 saturated carbocycles. The first kappa shape index (κ1) is 22.3. The smallest absolute Gasteiger partial charge is 0.335 e. The molecule has 0 bridgehead atoms. The lowest BCUT2D eigenvalue weighted by Gasteiger charge is -2.09. The Kier molecular flexibility index (Phi) is 6.55. The standard InChI is InChI=1S/C25H24N6OS/c1-16-4-11-21(12-5-16)31-15-26-23(30-31)19-7-9-20(10-8-19)27-24(32)29-25(33)28-22-13-6-17(2)14-18(22)3/h4-15H,1-3H3,(H3,27,28,29,32,33). The number of carbonyl (C=O) groups is 1. The van der Waals surface area contributed by atoms with Crippen LogP contribution in [0.25, 0.3) is 17.1 Å². The maximum absolute atomic E-state index is 12.3. The van der Waals surface area contributed by atoms with Crippen LogP contribution in [0.4, 0.5) is 16.2 Å². The van der Waals surface area contributed by atoms with Crippen LogP contribution in [0, 0.1) is 20.8 Å². The van der Waals surface area contributed by atoms with Crippen molar-refractivity contribution in [3.05, 3.63) is 89.7 Å². The lowest BCUT2D eigenvalue weighted by atomic mass is 10.1. The molecule has 0 aliphatic carbocycles. The fraction of sp³-hybridized carbons (Fsp3) is 0.120. The fourth-order valence-corrected chi connectivity index (χ4v) is 3.48. The molecule has 166 valence electrons. The fourth-order valence-electron chi connectivity index (χ4n) is 3.27. The van der Waals surface area contributed by atoms with Crippen molar-refractivity contribution in [1.82, 2.24) is 14.8 Å². The van der Waals surface area contributed by atoms with Gasteiger partial charge in [-0.3, -0.25) is 0 Å². The van der Waals surface area contributed by atoms with Crippen LogP contribution in [-0.2, 0) is 0 Å². The predicted octanol–water partition coefficient (Wildman–Crippen LogP) is 5.79. The van der Waals surface area contributed by atoms with Gasteiger partial charge >= 0.3 is 6.03 Å². The number of benzene rings is 3. The SMILES string of the molecule is Cc1ccc(-n2cnc(-c3ccc(NC(=O)/N=C(\S)Nc4ccc(C)cc4C)cc3)n2)cc1. The normalized spacial score (nSPS) is 11.3. The number of urea groups is 1. The molecule has 0 atom stereocenters. The molecule has 1 heterocycles. The van der Waals surface area contributed by atoms with Gasteiger partial charge in [0.2, 0.25) is 0 Å². The summed E-state index contributed by atoms with van der Waals surface area (Å²) in [5.41, 5.74) is 6.64. The Morgan fingerprint density at radius 2 is 1.61 bits per heavy atom. The van der Waals surface area contributed by atoms with Crippen LogP contribution in [0.3, 0.4) is 0 Å². The van der Waals surface area contributed by atoms with Gasteiger partial charge in [-0.1, -0.05) is 35.4 Å². The van der Waals surface area contributed by atoms with Crippen molar-refractivity contribution in [3.8, 4) is 17.1 Å². The maximum atomic E-state index is 12.3. The van der Waals surface area contributed by atoms with Gasteiger partial charge in [0, 0.05) is 16.9 Å². The van der Waals surface area contributed by atoms with Crippen LogP contribution >= 0.6 is 12.6 Å². The molecule has 3 aromatic carbocycles. The minimum Gasteiger partial charge on any atom is -0.335 e. The molecule has 33 heavy (non-hydrogen) atoms. The third-order valence-electron chi connectivity index (χ3n) is 5.02. The zero-order chi connectivity index (χ0) is 23.4. The summed E-state index contributed by atoms with van der Waals surface area (Å²) in [7, 11) is 0. The molecule has 0 aliphatic heterocycles. The molecule has 4 aromatic rings. The van der Waals surface area contributed by atoms with Crippen LogP contribution in [-0.4, -0.2) is 26.0 Å². The molecule has 2 N–H and O–H groups in total. The van der Waals surface area contributed by atoms with Gasteiger partial charge < -0.3 is 10.6 Å². The Morgan fingerprint density at radius 3 is 2.30 bits per heavy atom. The number of hydrogen-bond donors (Lipinski definition) is 3. The van der Waals surface area contributed by atoms with Crippen molar-refractivity contribution in [2.75, 3.05) is 10.6 Å². The summed E-state index contributed by atoms with van der Waals surface area (Å²) in [6, 6.07) is 20.8. The molecule has 0 radical (unpaired) electrons. The van der Waals surface area contributed by atoms with Gasteiger partial charge in [-0.25, -0.2) is 14.5 Å². The first-order chi connectivity index (χ1) is 15.9. The molecule has 0 spiro atoms. The van der Waals surface area contributed by atoms with E-state index in [0.717, 1.165) is 28.1 Å². The van der Waals surface area contributed by atoms with E-state index in [9.17, 15) is 4.79 Å². The lowest BCUT2D eigenvalue weighted by Crippen LogP contribution is -2.13. The van der Waals surface area contributed by atoms with Crippen LogP contribution in [0.15, 0.2) is 78.0 Å². The molecule has 0 unspecified atom stereocenters. The van der Waals surface area contributed by atoms with E-state index in [2.05, 4.69) is 38.3 Å². The minimum absolute atomic E-state index is 0.210.